The number of nitrogens with zero attached hydrogens (tertiary/aromatic N) is 5. The molecule has 1 aromatic carbocycles. The Kier molecular flexibility index (Phi) is 6.54. The van der Waals surface area contributed by atoms with Crippen molar-refractivity contribution < 1.29 is 8.42 Å². The topological polar surface area (TPSA) is 103 Å². The number of anilines is 3. The molecule has 1 fully saturated rings. The van der Waals surface area contributed by atoms with Crippen LogP contribution in [0.5, 0.6) is 0 Å². The zero-order valence-corrected chi connectivity index (χ0v) is 19.5. The second-order valence-corrected chi connectivity index (χ2v) is 10.2. The second kappa shape index (κ2) is 9.33. The lowest BCUT2D eigenvalue weighted by atomic mass is 10.3. The molecular weight excluding hydrogens is 482 g/mol. The number of sulfonamides is 1. The molecule has 0 saturated carbocycles. The Balaban J connectivity index is 1.55. The summed E-state index contributed by atoms with van der Waals surface area (Å²) in [5, 5.41) is 7.25. The zero-order valence-electron chi connectivity index (χ0n) is 17.1. The summed E-state index contributed by atoms with van der Waals surface area (Å²) in [4.78, 5) is 15.8. The maximum absolute atomic E-state index is 12.8. The van der Waals surface area contributed by atoms with Gasteiger partial charge in [0.05, 0.1) is 16.8 Å². The van der Waals surface area contributed by atoms with E-state index in [1.54, 1.807) is 25.4 Å². The Bertz CT molecular complexity index is 1150. The minimum Gasteiger partial charge on any atom is -0.368 e. The summed E-state index contributed by atoms with van der Waals surface area (Å²) >= 11 is 3.44. The third-order valence-corrected chi connectivity index (χ3v) is 7.29. The number of hydrogen-bond donors (Lipinski definition) is 2. The Morgan fingerprint density at radius 1 is 1.19 bits per heavy atom. The summed E-state index contributed by atoms with van der Waals surface area (Å²) in [6, 6.07) is 10.9. The quantitative estimate of drug-likeness (QED) is 0.502. The molecule has 0 radical (unpaired) electrons. The van der Waals surface area contributed by atoms with Gasteiger partial charge >= 0.3 is 0 Å². The van der Waals surface area contributed by atoms with Gasteiger partial charge in [0.1, 0.15) is 5.82 Å². The maximum Gasteiger partial charge on any atom is 0.236 e. The van der Waals surface area contributed by atoms with Gasteiger partial charge in [0.25, 0.3) is 0 Å². The fourth-order valence-electron chi connectivity index (χ4n) is 3.35. The van der Waals surface area contributed by atoms with Gasteiger partial charge in [-0.3, -0.25) is 4.31 Å². The number of hydrogen-bond acceptors (Lipinski definition) is 8. The second-order valence-electron chi connectivity index (χ2n) is 7.18. The van der Waals surface area contributed by atoms with E-state index in [1.807, 2.05) is 24.3 Å². The van der Waals surface area contributed by atoms with Crippen LogP contribution in [0.25, 0.3) is 11.0 Å². The maximum atomic E-state index is 12.8. The summed E-state index contributed by atoms with van der Waals surface area (Å²) in [5.74, 6) is 1.09. The van der Waals surface area contributed by atoms with Crippen molar-refractivity contribution >= 4 is 54.4 Å². The van der Waals surface area contributed by atoms with Crippen LogP contribution >= 0.6 is 15.9 Å². The molecule has 2 N–H and O–H groups in total. The van der Waals surface area contributed by atoms with Gasteiger partial charge in [-0.1, -0.05) is 18.2 Å². The highest BCUT2D eigenvalue weighted by atomic mass is 79.9. The number of para-hydroxylation sites is 1. The summed E-state index contributed by atoms with van der Waals surface area (Å²) in [7, 11) is -1.93. The molecular formula is C20H24BrN7O2S. The molecule has 164 valence electrons. The van der Waals surface area contributed by atoms with Gasteiger partial charge in [0.2, 0.25) is 16.0 Å². The molecule has 4 rings (SSSR count). The molecule has 9 nitrogen and oxygen atoms in total. The van der Waals surface area contributed by atoms with Crippen LogP contribution in [0.15, 0.2) is 47.1 Å². The Labute approximate surface area is 190 Å². The minimum absolute atomic E-state index is 0.0751. The standard InChI is InChI=1S/C20H24BrN7O2S/c1-27(16-5-3-2-4-6-16)31(29,30)12-9-23-18-17-13-15(21)14-24-19(17)26-20(25-18)28-10-7-22-8-11-28/h2-6,13-14,22H,7-12H2,1H3,(H,23,24,25,26). The van der Waals surface area contributed by atoms with Gasteiger partial charge in [0.15, 0.2) is 5.65 Å². The van der Waals surface area contributed by atoms with E-state index in [0.29, 0.717) is 23.1 Å². The monoisotopic (exact) mass is 505 g/mol. The smallest absolute Gasteiger partial charge is 0.236 e. The van der Waals surface area contributed by atoms with Crippen molar-refractivity contribution in [2.24, 2.45) is 0 Å². The largest absolute Gasteiger partial charge is 0.368 e. The highest BCUT2D eigenvalue weighted by molar-refractivity contribution is 9.10. The molecule has 1 aliphatic rings. The predicted octanol–water partition coefficient (Wildman–Crippen LogP) is 2.07. The van der Waals surface area contributed by atoms with E-state index in [-0.39, 0.29) is 12.3 Å². The van der Waals surface area contributed by atoms with Crippen LogP contribution in [0.4, 0.5) is 17.5 Å². The number of rotatable bonds is 7. The van der Waals surface area contributed by atoms with Crippen LogP contribution in [0.1, 0.15) is 0 Å². The summed E-state index contributed by atoms with van der Waals surface area (Å²) in [6.07, 6.45) is 1.69. The molecule has 0 spiro atoms. The molecule has 0 aliphatic carbocycles. The number of nitrogens with one attached hydrogen (secondary N) is 2. The molecule has 3 aromatic rings. The van der Waals surface area contributed by atoms with Gasteiger partial charge in [-0.15, -0.1) is 0 Å². The van der Waals surface area contributed by atoms with Gasteiger partial charge in [0, 0.05) is 50.4 Å². The molecule has 0 atom stereocenters. The zero-order chi connectivity index (χ0) is 21.8. The van der Waals surface area contributed by atoms with E-state index in [9.17, 15) is 8.42 Å². The van der Waals surface area contributed by atoms with Gasteiger partial charge in [-0.25, -0.2) is 13.4 Å². The highest BCUT2D eigenvalue weighted by Crippen LogP contribution is 2.25. The third-order valence-electron chi connectivity index (χ3n) is 5.10. The SMILES string of the molecule is CN(c1ccccc1)S(=O)(=O)CCNc1nc(N2CCNCC2)nc2ncc(Br)cc12. The first kappa shape index (κ1) is 21.7. The Hall–Kier alpha value is -2.50. The van der Waals surface area contributed by atoms with Crippen LogP contribution < -0.4 is 19.8 Å². The van der Waals surface area contributed by atoms with E-state index in [1.165, 1.54) is 4.31 Å². The van der Waals surface area contributed by atoms with Crippen molar-refractivity contribution in [1.82, 2.24) is 20.3 Å². The van der Waals surface area contributed by atoms with Crippen LogP contribution in [0, 0.1) is 0 Å². The van der Waals surface area contributed by atoms with E-state index in [0.717, 1.165) is 36.0 Å². The molecule has 0 bridgehead atoms. The van der Waals surface area contributed by atoms with Crippen molar-refractivity contribution in [1.29, 1.82) is 0 Å². The molecule has 1 saturated heterocycles. The van der Waals surface area contributed by atoms with Gasteiger partial charge < -0.3 is 15.5 Å². The molecule has 2 aromatic heterocycles. The highest BCUT2D eigenvalue weighted by Gasteiger charge is 2.20. The fraction of sp³-hybridized carbons (Fsp3) is 0.350. The lowest BCUT2D eigenvalue weighted by Crippen LogP contribution is -2.44. The van der Waals surface area contributed by atoms with E-state index in [4.69, 9.17) is 4.98 Å². The Morgan fingerprint density at radius 3 is 2.68 bits per heavy atom. The third kappa shape index (κ3) is 5.05. The van der Waals surface area contributed by atoms with Crippen molar-refractivity contribution in [2.75, 3.05) is 60.0 Å². The number of fused-ring (bicyclic) bond motifs is 1. The van der Waals surface area contributed by atoms with Crippen LogP contribution in [0.2, 0.25) is 0 Å². The summed E-state index contributed by atoms with van der Waals surface area (Å²) in [5.41, 5.74) is 1.20. The van der Waals surface area contributed by atoms with Crippen molar-refractivity contribution in [2.45, 2.75) is 0 Å². The number of pyridine rings is 1. The summed E-state index contributed by atoms with van der Waals surface area (Å²) < 4.78 is 27.6. The molecule has 31 heavy (non-hydrogen) atoms. The van der Waals surface area contributed by atoms with Crippen molar-refractivity contribution in [3.05, 3.63) is 47.1 Å². The number of aromatic nitrogens is 3. The first-order chi connectivity index (χ1) is 14.9. The molecule has 0 unspecified atom stereocenters. The van der Waals surface area contributed by atoms with E-state index >= 15 is 0 Å². The van der Waals surface area contributed by atoms with Gasteiger partial charge in [-0.05, 0) is 34.1 Å². The van der Waals surface area contributed by atoms with Crippen molar-refractivity contribution in [3.63, 3.8) is 0 Å². The minimum atomic E-state index is -3.49. The normalized spacial score (nSPS) is 14.6. The number of benzene rings is 1. The summed E-state index contributed by atoms with van der Waals surface area (Å²) in [6.45, 7) is 3.54. The predicted molar refractivity (Wildman–Crippen MR) is 127 cm³/mol. The molecule has 0 amide bonds. The fourth-order valence-corrected chi connectivity index (χ4v) is 4.76. The average molecular weight is 506 g/mol. The van der Waals surface area contributed by atoms with E-state index in [2.05, 4.69) is 41.4 Å². The van der Waals surface area contributed by atoms with E-state index < -0.39 is 10.0 Å². The number of halogens is 1. The van der Waals surface area contributed by atoms with Gasteiger partial charge in [-0.2, -0.15) is 9.97 Å². The lowest BCUT2D eigenvalue weighted by Gasteiger charge is -2.27. The Morgan fingerprint density at radius 2 is 1.94 bits per heavy atom. The van der Waals surface area contributed by atoms with Crippen LogP contribution in [-0.2, 0) is 10.0 Å². The molecule has 1 aliphatic heterocycles. The first-order valence-electron chi connectivity index (χ1n) is 9.98. The molecule has 3 heterocycles. The van der Waals surface area contributed by atoms with Crippen molar-refractivity contribution in [3.8, 4) is 0 Å². The number of piperazine rings is 1. The molecule has 11 heteroatoms. The van der Waals surface area contributed by atoms with Crippen LogP contribution in [-0.4, -0.2) is 68.9 Å². The first-order valence-corrected chi connectivity index (χ1v) is 12.4. The van der Waals surface area contributed by atoms with Crippen LogP contribution in [0.3, 0.4) is 0 Å². The lowest BCUT2D eigenvalue weighted by molar-refractivity contribution is 0.580. The average Bonchev–Trinajstić information content (AvgIpc) is 2.79.